The van der Waals surface area contributed by atoms with Crippen molar-refractivity contribution in [2.45, 2.75) is 13.0 Å². The normalized spacial score (nSPS) is 12.3. The van der Waals surface area contributed by atoms with Crippen molar-refractivity contribution < 1.29 is 20.1 Å². The predicted octanol–water partition coefficient (Wildman–Crippen LogP) is -1.64. The fourth-order valence-corrected chi connectivity index (χ4v) is 0.903. The Balaban J connectivity index is 3.88. The summed E-state index contributed by atoms with van der Waals surface area (Å²) >= 11 is 0. The lowest BCUT2D eigenvalue weighted by atomic mass is 10.4. The third kappa shape index (κ3) is 5.74. The first kappa shape index (κ1) is 13.2. The third-order valence-corrected chi connectivity index (χ3v) is 1.58. The molecule has 0 aliphatic carbocycles. The zero-order valence-corrected chi connectivity index (χ0v) is 8.31. The maximum Gasteiger partial charge on any atom is 0.317 e. The van der Waals surface area contributed by atoms with Gasteiger partial charge in [0.2, 0.25) is 0 Å². The van der Waals surface area contributed by atoms with E-state index in [9.17, 15) is 4.79 Å². The average Bonchev–Trinajstić information content (AvgIpc) is 2.14. The molecule has 1 atom stereocenters. The molecule has 1 unspecified atom stereocenters. The first-order valence-electron chi connectivity index (χ1n) is 4.54. The van der Waals surface area contributed by atoms with Crippen LogP contribution in [0.3, 0.4) is 0 Å². The van der Waals surface area contributed by atoms with Gasteiger partial charge >= 0.3 is 6.03 Å². The second kappa shape index (κ2) is 7.54. The van der Waals surface area contributed by atoms with Crippen molar-refractivity contribution in [2.75, 3.05) is 32.8 Å². The van der Waals surface area contributed by atoms with Gasteiger partial charge in [-0.15, -0.1) is 0 Å². The van der Waals surface area contributed by atoms with E-state index < -0.39 is 12.1 Å². The molecule has 84 valence electrons. The number of aliphatic hydroxyl groups is 3. The smallest absolute Gasteiger partial charge is 0.317 e. The van der Waals surface area contributed by atoms with Crippen molar-refractivity contribution in [3.8, 4) is 0 Å². The summed E-state index contributed by atoms with van der Waals surface area (Å²) in [5.74, 6) is 0. The second-order valence-electron chi connectivity index (χ2n) is 2.97. The van der Waals surface area contributed by atoms with Crippen LogP contribution in [0.5, 0.6) is 0 Å². The van der Waals surface area contributed by atoms with E-state index in [0.29, 0.717) is 0 Å². The molecule has 4 N–H and O–H groups in total. The van der Waals surface area contributed by atoms with Gasteiger partial charge in [0.1, 0.15) is 0 Å². The molecule has 0 heterocycles. The Hall–Kier alpha value is -0.850. The van der Waals surface area contributed by atoms with Crippen LogP contribution in [0, 0.1) is 0 Å². The highest BCUT2D eigenvalue weighted by Crippen LogP contribution is 1.89. The Kier molecular flexibility index (Phi) is 7.09. The fraction of sp³-hybridized carbons (Fsp3) is 0.875. The summed E-state index contributed by atoms with van der Waals surface area (Å²) in [5, 5.41) is 28.7. The van der Waals surface area contributed by atoms with E-state index in [1.165, 1.54) is 4.90 Å². The Morgan fingerprint density at radius 1 is 1.36 bits per heavy atom. The molecular formula is C8H18N2O4. The Morgan fingerprint density at radius 2 is 1.86 bits per heavy atom. The molecule has 0 saturated carbocycles. The first-order valence-corrected chi connectivity index (χ1v) is 4.54. The fourth-order valence-electron chi connectivity index (χ4n) is 0.903. The van der Waals surface area contributed by atoms with Gasteiger partial charge in [0.05, 0.1) is 19.3 Å². The number of hydrogen-bond donors (Lipinski definition) is 4. The van der Waals surface area contributed by atoms with E-state index in [1.54, 1.807) is 6.92 Å². The van der Waals surface area contributed by atoms with Gasteiger partial charge in [-0.05, 0) is 6.92 Å². The lowest BCUT2D eigenvalue weighted by Gasteiger charge is -2.21. The van der Waals surface area contributed by atoms with Crippen LogP contribution in [0.1, 0.15) is 6.92 Å². The van der Waals surface area contributed by atoms with Gasteiger partial charge in [-0.3, -0.25) is 0 Å². The van der Waals surface area contributed by atoms with Gasteiger partial charge in [-0.1, -0.05) is 0 Å². The molecule has 0 radical (unpaired) electrons. The van der Waals surface area contributed by atoms with Gasteiger partial charge < -0.3 is 25.5 Å². The van der Waals surface area contributed by atoms with Gasteiger partial charge in [-0.25, -0.2) is 4.79 Å². The summed E-state index contributed by atoms with van der Waals surface area (Å²) in [5.41, 5.74) is 0. The maximum absolute atomic E-state index is 11.3. The summed E-state index contributed by atoms with van der Waals surface area (Å²) in [4.78, 5) is 12.6. The second-order valence-corrected chi connectivity index (χ2v) is 2.97. The summed E-state index contributed by atoms with van der Waals surface area (Å²) in [6.07, 6.45) is -0.607. The van der Waals surface area contributed by atoms with E-state index in [2.05, 4.69) is 5.32 Å². The molecule has 6 heteroatoms. The molecule has 0 bridgehead atoms. The van der Waals surface area contributed by atoms with Gasteiger partial charge in [0, 0.05) is 19.6 Å². The summed E-state index contributed by atoms with van der Waals surface area (Å²) in [6, 6.07) is -0.394. The molecule has 0 saturated heterocycles. The molecular weight excluding hydrogens is 188 g/mol. The molecule has 0 spiro atoms. The molecule has 14 heavy (non-hydrogen) atoms. The van der Waals surface area contributed by atoms with Gasteiger partial charge in [-0.2, -0.15) is 0 Å². The van der Waals surface area contributed by atoms with Gasteiger partial charge in [0.15, 0.2) is 0 Å². The Bertz CT molecular complexity index is 157. The third-order valence-electron chi connectivity index (χ3n) is 1.58. The number of carbonyl (C=O) groups excluding carboxylic acids is 1. The highest BCUT2D eigenvalue weighted by atomic mass is 16.3. The lowest BCUT2D eigenvalue weighted by molar-refractivity contribution is 0.149. The average molecular weight is 206 g/mol. The highest BCUT2D eigenvalue weighted by Gasteiger charge is 2.11. The van der Waals surface area contributed by atoms with Crippen molar-refractivity contribution in [1.82, 2.24) is 10.2 Å². The number of aliphatic hydroxyl groups excluding tert-OH is 3. The minimum atomic E-state index is -0.607. The quantitative estimate of drug-likeness (QED) is 0.419. The minimum Gasteiger partial charge on any atom is -0.395 e. The predicted molar refractivity (Wildman–Crippen MR) is 50.8 cm³/mol. The SMILES string of the molecule is CC(O)CNC(=O)N(CCO)CCO. The molecule has 0 aliphatic heterocycles. The molecule has 0 aromatic heterocycles. The van der Waals surface area contributed by atoms with Crippen molar-refractivity contribution in [3.63, 3.8) is 0 Å². The number of carbonyl (C=O) groups is 1. The van der Waals surface area contributed by atoms with Crippen LogP contribution in [-0.4, -0.2) is 65.2 Å². The lowest BCUT2D eigenvalue weighted by Crippen LogP contribution is -2.44. The summed E-state index contributed by atoms with van der Waals surface area (Å²) in [7, 11) is 0. The van der Waals surface area contributed by atoms with Crippen molar-refractivity contribution in [1.29, 1.82) is 0 Å². The Labute approximate surface area is 83.1 Å². The van der Waals surface area contributed by atoms with Crippen LogP contribution < -0.4 is 5.32 Å². The number of nitrogens with zero attached hydrogens (tertiary/aromatic N) is 1. The molecule has 2 amide bonds. The van der Waals surface area contributed by atoms with E-state index in [4.69, 9.17) is 15.3 Å². The monoisotopic (exact) mass is 206 g/mol. The number of hydrogen-bond acceptors (Lipinski definition) is 4. The molecule has 0 rings (SSSR count). The highest BCUT2D eigenvalue weighted by molar-refractivity contribution is 5.74. The van der Waals surface area contributed by atoms with Crippen LogP contribution in [0.25, 0.3) is 0 Å². The number of nitrogens with one attached hydrogen (secondary N) is 1. The van der Waals surface area contributed by atoms with Crippen LogP contribution >= 0.6 is 0 Å². The van der Waals surface area contributed by atoms with Crippen LogP contribution in [-0.2, 0) is 0 Å². The van der Waals surface area contributed by atoms with Crippen LogP contribution in [0.15, 0.2) is 0 Å². The van der Waals surface area contributed by atoms with Crippen LogP contribution in [0.2, 0.25) is 0 Å². The number of rotatable bonds is 6. The van der Waals surface area contributed by atoms with Crippen LogP contribution in [0.4, 0.5) is 4.79 Å². The maximum atomic E-state index is 11.3. The van der Waals surface area contributed by atoms with Crippen molar-refractivity contribution in [2.24, 2.45) is 0 Å². The standard InChI is InChI=1S/C8H18N2O4/c1-7(13)6-9-8(14)10(2-4-11)3-5-12/h7,11-13H,2-6H2,1H3,(H,9,14). The molecule has 0 aromatic carbocycles. The van der Waals surface area contributed by atoms with E-state index >= 15 is 0 Å². The van der Waals surface area contributed by atoms with Crippen molar-refractivity contribution in [3.05, 3.63) is 0 Å². The number of amides is 2. The Morgan fingerprint density at radius 3 is 2.21 bits per heavy atom. The summed E-state index contributed by atoms with van der Waals surface area (Å²) in [6.45, 7) is 1.76. The van der Waals surface area contributed by atoms with Crippen molar-refractivity contribution >= 4 is 6.03 Å². The minimum absolute atomic E-state index is 0.151. The van der Waals surface area contributed by atoms with Gasteiger partial charge in [0.25, 0.3) is 0 Å². The zero-order chi connectivity index (χ0) is 11.0. The zero-order valence-electron chi connectivity index (χ0n) is 8.31. The largest absolute Gasteiger partial charge is 0.395 e. The summed E-state index contributed by atoms with van der Waals surface area (Å²) < 4.78 is 0. The molecule has 0 aromatic rings. The molecule has 0 fully saturated rings. The van der Waals surface area contributed by atoms with E-state index in [0.717, 1.165) is 0 Å². The van der Waals surface area contributed by atoms with E-state index in [1.807, 2.05) is 0 Å². The van der Waals surface area contributed by atoms with E-state index in [-0.39, 0.29) is 32.8 Å². The number of urea groups is 1. The topological polar surface area (TPSA) is 93.0 Å². The molecule has 6 nitrogen and oxygen atoms in total. The molecule has 0 aliphatic rings. The first-order chi connectivity index (χ1) is 6.61.